The van der Waals surface area contributed by atoms with Crippen molar-refractivity contribution in [2.75, 3.05) is 18.8 Å². The summed E-state index contributed by atoms with van der Waals surface area (Å²) < 4.78 is 1.53. The van der Waals surface area contributed by atoms with E-state index in [4.69, 9.17) is 5.11 Å². The van der Waals surface area contributed by atoms with Crippen molar-refractivity contribution < 1.29 is 14.7 Å². The van der Waals surface area contributed by atoms with Crippen LogP contribution in [-0.4, -0.2) is 50.3 Å². The molecule has 2 aliphatic heterocycles. The number of aliphatic carboxylic acids is 1. The first kappa shape index (κ1) is 14.1. The van der Waals surface area contributed by atoms with E-state index in [2.05, 4.69) is 4.98 Å². The van der Waals surface area contributed by atoms with Crippen LogP contribution in [0.5, 0.6) is 0 Å². The van der Waals surface area contributed by atoms with Crippen LogP contribution in [0.3, 0.4) is 0 Å². The molecule has 2 aliphatic rings. The largest absolute Gasteiger partial charge is 0.481 e. The van der Waals surface area contributed by atoms with Crippen LogP contribution >= 0.6 is 11.8 Å². The molecule has 1 unspecified atom stereocenters. The van der Waals surface area contributed by atoms with Crippen molar-refractivity contribution in [2.24, 2.45) is 5.92 Å². The van der Waals surface area contributed by atoms with E-state index < -0.39 is 5.97 Å². The number of hydrogen-bond donors (Lipinski definition) is 1. The molecule has 0 aliphatic carbocycles. The van der Waals surface area contributed by atoms with Gasteiger partial charge in [-0.15, -0.1) is 0 Å². The first-order valence-corrected chi connectivity index (χ1v) is 7.78. The Morgan fingerprint density at radius 2 is 2.24 bits per heavy atom. The van der Waals surface area contributed by atoms with Crippen molar-refractivity contribution in [3.05, 3.63) is 22.1 Å². The molecule has 0 spiro atoms. The Morgan fingerprint density at radius 1 is 1.43 bits per heavy atom. The average Bonchev–Trinajstić information content (AvgIpc) is 3.06. The molecule has 3 rings (SSSR count). The minimum atomic E-state index is -0.856. The Balaban J connectivity index is 1.78. The molecule has 1 amide bonds. The summed E-state index contributed by atoms with van der Waals surface area (Å²) in [5.74, 6) is -0.435. The minimum absolute atomic E-state index is 0.0350. The molecule has 7 nitrogen and oxygen atoms in total. The van der Waals surface area contributed by atoms with Crippen LogP contribution in [0.15, 0.2) is 16.1 Å². The molecule has 0 saturated carbocycles. The van der Waals surface area contributed by atoms with Gasteiger partial charge in [-0.2, -0.15) is 0 Å². The number of nitrogens with zero attached hydrogens (tertiary/aromatic N) is 3. The molecule has 8 heteroatoms. The van der Waals surface area contributed by atoms with Crippen LogP contribution in [0.2, 0.25) is 0 Å². The van der Waals surface area contributed by atoms with Gasteiger partial charge in [-0.3, -0.25) is 19.0 Å². The van der Waals surface area contributed by atoms with Gasteiger partial charge in [0, 0.05) is 38.0 Å². The Hall–Kier alpha value is -1.83. The third-order valence-corrected chi connectivity index (χ3v) is 4.79. The van der Waals surface area contributed by atoms with Crippen molar-refractivity contribution in [1.29, 1.82) is 0 Å². The summed E-state index contributed by atoms with van der Waals surface area (Å²) in [6.07, 6.45) is 2.06. The van der Waals surface area contributed by atoms with Gasteiger partial charge < -0.3 is 10.0 Å². The van der Waals surface area contributed by atoms with Crippen LogP contribution in [-0.2, 0) is 11.3 Å². The first-order chi connectivity index (χ1) is 10.1. The second kappa shape index (κ2) is 5.51. The van der Waals surface area contributed by atoms with E-state index in [1.54, 1.807) is 4.90 Å². The van der Waals surface area contributed by atoms with E-state index >= 15 is 0 Å². The molecule has 1 aromatic heterocycles. The molecule has 0 aromatic carbocycles. The Kier molecular flexibility index (Phi) is 3.71. The fraction of sp³-hybridized carbons (Fsp3) is 0.538. The zero-order valence-electron chi connectivity index (χ0n) is 11.3. The summed E-state index contributed by atoms with van der Waals surface area (Å²) in [5.41, 5.74) is -0.214. The van der Waals surface area contributed by atoms with Gasteiger partial charge in [0.2, 0.25) is 0 Å². The second-order valence-corrected chi connectivity index (χ2v) is 6.33. The number of carbonyl (C=O) groups excluding carboxylic acids is 1. The fourth-order valence-corrected chi connectivity index (χ4v) is 3.68. The molecular weight excluding hydrogens is 294 g/mol. The van der Waals surface area contributed by atoms with Gasteiger partial charge in [-0.25, -0.2) is 4.98 Å². The molecule has 1 aromatic rings. The van der Waals surface area contributed by atoms with E-state index in [1.165, 1.54) is 22.5 Å². The number of hydrogen-bond acceptors (Lipinski definition) is 5. The zero-order chi connectivity index (χ0) is 15.0. The number of amides is 1. The Labute approximate surface area is 125 Å². The van der Waals surface area contributed by atoms with Crippen LogP contribution in [0.1, 0.15) is 23.2 Å². The predicted octanol–water partition coefficient (Wildman–Crippen LogP) is 0.286. The molecule has 0 bridgehead atoms. The lowest BCUT2D eigenvalue weighted by atomic mass is 10.1. The lowest BCUT2D eigenvalue weighted by Gasteiger charge is -2.16. The second-order valence-electron chi connectivity index (χ2n) is 5.26. The number of carboxylic acid groups (broad SMARTS) is 1. The van der Waals surface area contributed by atoms with Crippen molar-refractivity contribution in [1.82, 2.24) is 14.5 Å². The molecule has 112 valence electrons. The lowest BCUT2D eigenvalue weighted by Crippen LogP contribution is -2.36. The summed E-state index contributed by atoms with van der Waals surface area (Å²) in [7, 11) is 0. The number of carboxylic acids is 1. The van der Waals surface area contributed by atoms with Gasteiger partial charge in [-0.05, 0) is 12.3 Å². The number of fused-ring (bicyclic) bond motifs is 1. The van der Waals surface area contributed by atoms with Gasteiger partial charge in [0.1, 0.15) is 5.56 Å². The number of carbonyl (C=O) groups is 2. The van der Waals surface area contributed by atoms with E-state index in [-0.39, 0.29) is 29.4 Å². The topological polar surface area (TPSA) is 92.5 Å². The quantitative estimate of drug-likeness (QED) is 0.807. The van der Waals surface area contributed by atoms with E-state index in [9.17, 15) is 14.4 Å². The summed E-state index contributed by atoms with van der Waals surface area (Å²) in [5, 5.41) is 9.45. The first-order valence-electron chi connectivity index (χ1n) is 6.80. The lowest BCUT2D eigenvalue weighted by molar-refractivity contribution is -0.138. The average molecular weight is 309 g/mol. The highest BCUT2D eigenvalue weighted by Gasteiger charge is 2.30. The highest BCUT2D eigenvalue weighted by atomic mass is 32.2. The molecular formula is C13H15N3O4S. The van der Waals surface area contributed by atoms with Crippen LogP contribution < -0.4 is 5.56 Å². The minimum Gasteiger partial charge on any atom is -0.481 e. The van der Waals surface area contributed by atoms with Gasteiger partial charge in [-0.1, -0.05) is 11.8 Å². The standard InChI is InChI=1S/C13H15N3O4S/c17-10(18)5-8-1-2-15(7-8)11(19)9-6-14-13-16(12(9)20)3-4-21-13/h6,8H,1-5,7H2,(H,17,18). The molecule has 1 fully saturated rings. The van der Waals surface area contributed by atoms with Gasteiger partial charge >= 0.3 is 5.97 Å². The van der Waals surface area contributed by atoms with Crippen LogP contribution in [0.4, 0.5) is 0 Å². The zero-order valence-corrected chi connectivity index (χ0v) is 12.1. The van der Waals surface area contributed by atoms with Gasteiger partial charge in [0.25, 0.3) is 11.5 Å². The number of likely N-dealkylation sites (tertiary alicyclic amines) is 1. The van der Waals surface area contributed by atoms with E-state index in [0.29, 0.717) is 31.2 Å². The van der Waals surface area contributed by atoms with Crippen LogP contribution in [0.25, 0.3) is 0 Å². The summed E-state index contributed by atoms with van der Waals surface area (Å²) in [6.45, 7) is 1.46. The molecule has 0 radical (unpaired) electrons. The summed E-state index contributed by atoms with van der Waals surface area (Å²) >= 11 is 1.50. The summed E-state index contributed by atoms with van der Waals surface area (Å²) in [4.78, 5) is 41.1. The maximum atomic E-state index is 12.4. The third kappa shape index (κ3) is 2.67. The van der Waals surface area contributed by atoms with Crippen molar-refractivity contribution in [2.45, 2.75) is 24.5 Å². The third-order valence-electron chi connectivity index (χ3n) is 3.82. The molecule has 1 atom stereocenters. The monoisotopic (exact) mass is 309 g/mol. The number of aromatic nitrogens is 2. The maximum absolute atomic E-state index is 12.4. The number of rotatable bonds is 3. The maximum Gasteiger partial charge on any atom is 0.303 e. The molecule has 21 heavy (non-hydrogen) atoms. The Bertz CT molecular complexity index is 657. The smallest absolute Gasteiger partial charge is 0.303 e. The van der Waals surface area contributed by atoms with E-state index in [1.807, 2.05) is 0 Å². The van der Waals surface area contributed by atoms with Crippen LogP contribution in [0, 0.1) is 5.92 Å². The fourth-order valence-electron chi connectivity index (χ4n) is 2.77. The highest BCUT2D eigenvalue weighted by Crippen LogP contribution is 2.23. The van der Waals surface area contributed by atoms with Crippen molar-refractivity contribution in [3.8, 4) is 0 Å². The predicted molar refractivity (Wildman–Crippen MR) is 75.5 cm³/mol. The summed E-state index contributed by atoms with van der Waals surface area (Å²) in [6, 6.07) is 0. The van der Waals surface area contributed by atoms with Gasteiger partial charge in [0.15, 0.2) is 5.16 Å². The number of thioether (sulfide) groups is 1. The van der Waals surface area contributed by atoms with Gasteiger partial charge in [0.05, 0.1) is 0 Å². The normalized spacial score (nSPS) is 20.6. The van der Waals surface area contributed by atoms with E-state index in [0.717, 1.165) is 5.75 Å². The van der Waals surface area contributed by atoms with Crippen molar-refractivity contribution >= 4 is 23.6 Å². The van der Waals surface area contributed by atoms with Crippen molar-refractivity contribution in [3.63, 3.8) is 0 Å². The molecule has 1 N–H and O–H groups in total. The SMILES string of the molecule is O=C(O)CC1CCN(C(=O)c2cnc3n(c2=O)CCS3)C1. The highest BCUT2D eigenvalue weighted by molar-refractivity contribution is 7.99. The molecule has 1 saturated heterocycles. The Morgan fingerprint density at radius 3 is 3.00 bits per heavy atom. The molecule has 3 heterocycles.